The predicted molar refractivity (Wildman–Crippen MR) is 77.0 cm³/mol. The SMILES string of the molecule is Cn1nc(C2CCN(C(=O)C3CC3)CC2)n(C2CC2)c1=O. The third-order valence-electron chi connectivity index (χ3n) is 4.99. The summed E-state index contributed by atoms with van der Waals surface area (Å²) in [5.74, 6) is 1.92. The van der Waals surface area contributed by atoms with E-state index in [1.165, 1.54) is 4.68 Å². The van der Waals surface area contributed by atoms with Crippen molar-refractivity contribution in [3.05, 3.63) is 16.3 Å². The lowest BCUT2D eigenvalue weighted by atomic mass is 9.95. The Morgan fingerprint density at radius 2 is 1.76 bits per heavy atom. The van der Waals surface area contributed by atoms with Gasteiger partial charge in [0.05, 0.1) is 0 Å². The number of hydrogen-bond donors (Lipinski definition) is 0. The Kier molecular flexibility index (Phi) is 2.94. The van der Waals surface area contributed by atoms with Crippen LogP contribution in [0.5, 0.6) is 0 Å². The quantitative estimate of drug-likeness (QED) is 0.835. The molecular weight excluding hydrogens is 268 g/mol. The van der Waals surface area contributed by atoms with Crippen molar-refractivity contribution in [1.82, 2.24) is 19.2 Å². The van der Waals surface area contributed by atoms with Crippen LogP contribution in [0.4, 0.5) is 0 Å². The zero-order valence-electron chi connectivity index (χ0n) is 12.5. The fraction of sp³-hybridized carbons (Fsp3) is 0.800. The molecule has 114 valence electrons. The van der Waals surface area contributed by atoms with Gasteiger partial charge in [0.1, 0.15) is 5.82 Å². The highest BCUT2D eigenvalue weighted by molar-refractivity contribution is 5.81. The molecule has 1 aliphatic heterocycles. The Hall–Kier alpha value is -1.59. The highest BCUT2D eigenvalue weighted by Crippen LogP contribution is 2.38. The number of amides is 1. The van der Waals surface area contributed by atoms with Crippen LogP contribution >= 0.6 is 0 Å². The lowest BCUT2D eigenvalue weighted by Crippen LogP contribution is -2.39. The molecule has 1 aromatic rings. The first-order chi connectivity index (χ1) is 10.1. The summed E-state index contributed by atoms with van der Waals surface area (Å²) in [4.78, 5) is 26.3. The van der Waals surface area contributed by atoms with Crippen LogP contribution in [0.15, 0.2) is 4.79 Å². The number of likely N-dealkylation sites (tertiary alicyclic amines) is 1. The average molecular weight is 290 g/mol. The van der Waals surface area contributed by atoms with Crippen LogP contribution in [0.2, 0.25) is 0 Å². The minimum absolute atomic E-state index is 0.0176. The summed E-state index contributed by atoms with van der Waals surface area (Å²) in [6.45, 7) is 1.63. The molecule has 2 heterocycles. The summed E-state index contributed by atoms with van der Waals surface area (Å²) in [7, 11) is 1.73. The number of aromatic nitrogens is 3. The number of aryl methyl sites for hydroxylation is 1. The van der Waals surface area contributed by atoms with Crippen molar-refractivity contribution in [3.63, 3.8) is 0 Å². The van der Waals surface area contributed by atoms with E-state index in [9.17, 15) is 9.59 Å². The number of carbonyl (C=O) groups is 1. The summed E-state index contributed by atoms with van der Waals surface area (Å²) in [5, 5.41) is 4.48. The zero-order chi connectivity index (χ0) is 14.6. The van der Waals surface area contributed by atoms with E-state index in [0.29, 0.717) is 23.8 Å². The van der Waals surface area contributed by atoms with Crippen LogP contribution in [0, 0.1) is 5.92 Å². The van der Waals surface area contributed by atoms with Gasteiger partial charge in [-0.2, -0.15) is 5.10 Å². The number of carbonyl (C=O) groups excluding carboxylic acids is 1. The van der Waals surface area contributed by atoms with Gasteiger partial charge in [-0.15, -0.1) is 0 Å². The molecule has 0 radical (unpaired) electrons. The Labute approximate surface area is 123 Å². The standard InChI is InChI=1S/C15H22N4O2/c1-17-15(21)19(12-4-5-12)13(16-17)10-6-8-18(9-7-10)14(20)11-2-3-11/h10-12H,2-9H2,1H3. The van der Waals surface area contributed by atoms with Gasteiger partial charge in [0.25, 0.3) is 0 Å². The number of piperidine rings is 1. The van der Waals surface area contributed by atoms with E-state index in [2.05, 4.69) is 5.10 Å². The van der Waals surface area contributed by atoms with E-state index in [0.717, 1.165) is 57.4 Å². The minimum atomic E-state index is 0.0176. The first-order valence-electron chi connectivity index (χ1n) is 8.09. The maximum Gasteiger partial charge on any atom is 0.345 e. The van der Waals surface area contributed by atoms with Gasteiger partial charge in [-0.1, -0.05) is 0 Å². The molecule has 6 nitrogen and oxygen atoms in total. The molecule has 2 saturated carbocycles. The molecule has 4 rings (SSSR count). The van der Waals surface area contributed by atoms with E-state index < -0.39 is 0 Å². The zero-order valence-corrected chi connectivity index (χ0v) is 12.5. The molecule has 0 N–H and O–H groups in total. The smallest absolute Gasteiger partial charge is 0.342 e. The highest BCUT2D eigenvalue weighted by Gasteiger charge is 2.37. The molecule has 0 unspecified atom stereocenters. The van der Waals surface area contributed by atoms with Crippen molar-refractivity contribution in [2.75, 3.05) is 13.1 Å². The van der Waals surface area contributed by atoms with Crippen molar-refractivity contribution in [1.29, 1.82) is 0 Å². The Balaban J connectivity index is 1.50. The summed E-state index contributed by atoms with van der Waals surface area (Å²) in [6, 6.07) is 0.368. The Morgan fingerprint density at radius 3 is 2.33 bits per heavy atom. The highest BCUT2D eigenvalue weighted by atomic mass is 16.2. The number of nitrogens with zero attached hydrogens (tertiary/aromatic N) is 4. The monoisotopic (exact) mass is 290 g/mol. The van der Waals surface area contributed by atoms with Gasteiger partial charge >= 0.3 is 5.69 Å². The van der Waals surface area contributed by atoms with Crippen LogP contribution in [-0.2, 0) is 11.8 Å². The third kappa shape index (κ3) is 2.30. The van der Waals surface area contributed by atoms with Crippen molar-refractivity contribution in [2.45, 2.75) is 50.5 Å². The molecule has 1 saturated heterocycles. The fourth-order valence-corrected chi connectivity index (χ4v) is 3.40. The molecule has 0 spiro atoms. The van der Waals surface area contributed by atoms with Gasteiger partial charge in [-0.3, -0.25) is 9.36 Å². The predicted octanol–water partition coefficient (Wildman–Crippen LogP) is 1.03. The minimum Gasteiger partial charge on any atom is -0.342 e. The summed E-state index contributed by atoms with van der Waals surface area (Å²) in [6.07, 6.45) is 6.19. The van der Waals surface area contributed by atoms with Crippen LogP contribution in [-0.4, -0.2) is 38.2 Å². The second-order valence-corrected chi connectivity index (χ2v) is 6.74. The first-order valence-corrected chi connectivity index (χ1v) is 8.09. The molecule has 0 atom stereocenters. The first kappa shape index (κ1) is 13.1. The maximum absolute atomic E-state index is 12.2. The van der Waals surface area contributed by atoms with E-state index in [1.54, 1.807) is 7.05 Å². The molecule has 3 fully saturated rings. The van der Waals surface area contributed by atoms with Crippen LogP contribution in [0.1, 0.15) is 56.3 Å². The van der Waals surface area contributed by atoms with Crippen LogP contribution in [0.25, 0.3) is 0 Å². The topological polar surface area (TPSA) is 60.1 Å². The van der Waals surface area contributed by atoms with Crippen molar-refractivity contribution < 1.29 is 4.79 Å². The second kappa shape index (κ2) is 4.71. The van der Waals surface area contributed by atoms with E-state index in [1.807, 2.05) is 9.47 Å². The van der Waals surface area contributed by atoms with Crippen LogP contribution in [0.3, 0.4) is 0 Å². The van der Waals surface area contributed by atoms with Crippen molar-refractivity contribution >= 4 is 5.91 Å². The van der Waals surface area contributed by atoms with E-state index in [-0.39, 0.29) is 5.69 Å². The second-order valence-electron chi connectivity index (χ2n) is 6.74. The normalized spacial score (nSPS) is 23.6. The molecule has 3 aliphatic rings. The van der Waals surface area contributed by atoms with Crippen molar-refractivity contribution in [3.8, 4) is 0 Å². The lowest BCUT2D eigenvalue weighted by molar-refractivity contribution is -0.133. The molecule has 0 aromatic carbocycles. The van der Waals surface area contributed by atoms with Crippen LogP contribution < -0.4 is 5.69 Å². The molecule has 0 bridgehead atoms. The molecule has 1 aromatic heterocycles. The summed E-state index contributed by atoms with van der Waals surface area (Å²) < 4.78 is 3.37. The van der Waals surface area contributed by atoms with E-state index >= 15 is 0 Å². The Morgan fingerprint density at radius 1 is 1.10 bits per heavy atom. The van der Waals surface area contributed by atoms with Gasteiger partial charge in [0, 0.05) is 38.0 Å². The average Bonchev–Trinajstić information content (AvgIpc) is 3.38. The number of rotatable bonds is 3. The lowest BCUT2D eigenvalue weighted by Gasteiger charge is -2.31. The van der Waals surface area contributed by atoms with Gasteiger partial charge in [0.15, 0.2) is 0 Å². The summed E-state index contributed by atoms with van der Waals surface area (Å²) >= 11 is 0. The van der Waals surface area contributed by atoms with Gasteiger partial charge in [-0.05, 0) is 38.5 Å². The molecule has 6 heteroatoms. The fourth-order valence-electron chi connectivity index (χ4n) is 3.40. The molecule has 2 aliphatic carbocycles. The molecular formula is C15H22N4O2. The molecule has 1 amide bonds. The molecule has 21 heavy (non-hydrogen) atoms. The van der Waals surface area contributed by atoms with Gasteiger partial charge in [0.2, 0.25) is 5.91 Å². The number of hydrogen-bond acceptors (Lipinski definition) is 3. The van der Waals surface area contributed by atoms with Crippen molar-refractivity contribution in [2.24, 2.45) is 13.0 Å². The largest absolute Gasteiger partial charge is 0.345 e. The maximum atomic E-state index is 12.2. The summed E-state index contributed by atoms with van der Waals surface area (Å²) in [5.41, 5.74) is 0.0176. The Bertz CT molecular complexity index is 616. The third-order valence-corrected chi connectivity index (χ3v) is 4.99. The van der Waals surface area contributed by atoms with E-state index in [4.69, 9.17) is 0 Å². The van der Waals surface area contributed by atoms with Gasteiger partial charge < -0.3 is 4.90 Å². The van der Waals surface area contributed by atoms with Gasteiger partial charge in [-0.25, -0.2) is 9.48 Å².